The minimum absolute atomic E-state index is 0.00175. The second-order valence-corrected chi connectivity index (χ2v) is 7.68. The first-order valence-corrected chi connectivity index (χ1v) is 10.0. The minimum Gasteiger partial charge on any atom is -0.481 e. The molecule has 0 aromatic heterocycles. The van der Waals surface area contributed by atoms with Gasteiger partial charge in [-0.15, -0.1) is 0 Å². The highest BCUT2D eigenvalue weighted by molar-refractivity contribution is 5.66. The monoisotopic (exact) mass is 380 g/mol. The average Bonchev–Trinajstić information content (AvgIpc) is 2.69. The van der Waals surface area contributed by atoms with Gasteiger partial charge in [-0.05, 0) is 54.6 Å². The molecule has 28 heavy (non-hydrogen) atoms. The van der Waals surface area contributed by atoms with Crippen LogP contribution in [0.2, 0.25) is 0 Å². The summed E-state index contributed by atoms with van der Waals surface area (Å²) >= 11 is 0. The Hall–Kier alpha value is -2.75. The molecule has 0 aliphatic heterocycles. The van der Waals surface area contributed by atoms with Crippen molar-refractivity contribution in [2.45, 2.75) is 51.4 Å². The maximum absolute atomic E-state index is 10.6. The van der Waals surface area contributed by atoms with Crippen LogP contribution in [0, 0.1) is 0 Å². The lowest BCUT2D eigenvalue weighted by atomic mass is 9.80. The van der Waals surface area contributed by atoms with Gasteiger partial charge in [-0.1, -0.05) is 62.7 Å². The van der Waals surface area contributed by atoms with Crippen LogP contribution in [0.3, 0.4) is 0 Å². The summed E-state index contributed by atoms with van der Waals surface area (Å²) in [5.41, 5.74) is 3.54. The Balaban J connectivity index is 1.87. The molecule has 2 aromatic carbocycles. The maximum Gasteiger partial charge on any atom is 0.303 e. The molecule has 0 spiro atoms. The standard InChI is InChI=1S/C24H32N2O2/c1-24(2,17-11-19-25-20-12-5-3-6-13-20)21-14-8-9-15-22(21)26-18-10-4-7-16-23(27)28/h3,5-6,8-9,11-15,19,25-26H,4,7,10,16-18H2,1-2H3,(H,27,28)/b19-11+. The van der Waals surface area contributed by atoms with Gasteiger partial charge in [0.25, 0.3) is 0 Å². The van der Waals surface area contributed by atoms with E-state index in [1.54, 1.807) is 0 Å². The fourth-order valence-electron chi connectivity index (χ4n) is 3.18. The van der Waals surface area contributed by atoms with E-state index in [2.05, 4.69) is 54.8 Å². The average molecular weight is 381 g/mol. The van der Waals surface area contributed by atoms with Crippen molar-refractivity contribution >= 4 is 17.3 Å². The van der Waals surface area contributed by atoms with Crippen LogP contribution in [0.25, 0.3) is 0 Å². The van der Waals surface area contributed by atoms with Gasteiger partial charge < -0.3 is 15.7 Å². The van der Waals surface area contributed by atoms with Gasteiger partial charge in [-0.25, -0.2) is 0 Å². The maximum atomic E-state index is 10.6. The first kappa shape index (κ1) is 21.5. The van der Waals surface area contributed by atoms with Crippen LogP contribution in [0.4, 0.5) is 11.4 Å². The van der Waals surface area contributed by atoms with Gasteiger partial charge in [0.05, 0.1) is 0 Å². The number of carboxylic acid groups (broad SMARTS) is 1. The molecule has 2 rings (SSSR count). The van der Waals surface area contributed by atoms with Crippen LogP contribution in [-0.4, -0.2) is 17.6 Å². The van der Waals surface area contributed by atoms with E-state index in [1.165, 1.54) is 5.56 Å². The molecule has 0 bridgehead atoms. The van der Waals surface area contributed by atoms with Crippen LogP contribution in [0.1, 0.15) is 51.5 Å². The predicted molar refractivity (Wildman–Crippen MR) is 118 cm³/mol. The number of carbonyl (C=O) groups is 1. The molecule has 0 aliphatic rings. The predicted octanol–water partition coefficient (Wildman–Crippen LogP) is 6.04. The molecule has 150 valence electrons. The number of benzene rings is 2. The lowest BCUT2D eigenvalue weighted by molar-refractivity contribution is -0.137. The molecule has 4 nitrogen and oxygen atoms in total. The summed E-state index contributed by atoms with van der Waals surface area (Å²) in [5.74, 6) is -0.713. The number of rotatable bonds is 12. The fourth-order valence-corrected chi connectivity index (χ4v) is 3.18. The first-order chi connectivity index (χ1) is 13.5. The van der Waals surface area contributed by atoms with Crippen LogP contribution < -0.4 is 10.6 Å². The van der Waals surface area contributed by atoms with Crippen molar-refractivity contribution in [1.29, 1.82) is 0 Å². The number of carboxylic acids is 1. The number of para-hydroxylation sites is 2. The molecule has 0 saturated heterocycles. The Kier molecular flexibility index (Phi) is 8.60. The second-order valence-electron chi connectivity index (χ2n) is 7.68. The minimum atomic E-state index is -0.713. The number of unbranched alkanes of at least 4 members (excludes halogenated alkanes) is 2. The number of aliphatic carboxylic acids is 1. The number of anilines is 2. The van der Waals surface area contributed by atoms with Gasteiger partial charge in [0.2, 0.25) is 0 Å². The van der Waals surface area contributed by atoms with Crippen molar-refractivity contribution < 1.29 is 9.90 Å². The third-order valence-corrected chi connectivity index (χ3v) is 4.81. The van der Waals surface area contributed by atoms with E-state index in [4.69, 9.17) is 5.11 Å². The normalized spacial score (nSPS) is 11.5. The molecule has 0 aliphatic carbocycles. The molecule has 4 heteroatoms. The molecular formula is C24H32N2O2. The highest BCUT2D eigenvalue weighted by Crippen LogP contribution is 2.33. The second kappa shape index (κ2) is 11.2. The summed E-state index contributed by atoms with van der Waals surface area (Å²) in [4.78, 5) is 10.6. The largest absolute Gasteiger partial charge is 0.481 e. The molecule has 0 fully saturated rings. The smallest absolute Gasteiger partial charge is 0.303 e. The van der Waals surface area contributed by atoms with E-state index < -0.39 is 5.97 Å². The summed E-state index contributed by atoms with van der Waals surface area (Å²) in [6.07, 6.45) is 8.01. The van der Waals surface area contributed by atoms with Crippen LogP contribution in [0.15, 0.2) is 66.9 Å². The van der Waals surface area contributed by atoms with E-state index in [0.29, 0.717) is 0 Å². The number of hydrogen-bond donors (Lipinski definition) is 3. The molecule has 0 radical (unpaired) electrons. The Morgan fingerprint density at radius 3 is 2.46 bits per heavy atom. The summed E-state index contributed by atoms with van der Waals surface area (Å²) in [6, 6.07) is 18.6. The topological polar surface area (TPSA) is 61.4 Å². The van der Waals surface area contributed by atoms with E-state index in [1.807, 2.05) is 36.5 Å². The lowest BCUT2D eigenvalue weighted by Crippen LogP contribution is -2.19. The van der Waals surface area contributed by atoms with E-state index in [-0.39, 0.29) is 11.8 Å². The molecule has 0 atom stereocenters. The summed E-state index contributed by atoms with van der Waals surface area (Å²) < 4.78 is 0. The van der Waals surface area contributed by atoms with Crippen molar-refractivity contribution in [2.75, 3.05) is 17.2 Å². The Morgan fingerprint density at radius 1 is 1.00 bits per heavy atom. The number of allylic oxidation sites excluding steroid dienone is 1. The van der Waals surface area contributed by atoms with Gasteiger partial charge in [-0.3, -0.25) is 4.79 Å². The zero-order valence-corrected chi connectivity index (χ0v) is 16.9. The van der Waals surface area contributed by atoms with E-state index >= 15 is 0 Å². The van der Waals surface area contributed by atoms with Gasteiger partial charge >= 0.3 is 5.97 Å². The highest BCUT2D eigenvalue weighted by Gasteiger charge is 2.21. The van der Waals surface area contributed by atoms with Gasteiger partial charge in [-0.2, -0.15) is 0 Å². The van der Waals surface area contributed by atoms with E-state index in [0.717, 1.165) is 43.6 Å². The van der Waals surface area contributed by atoms with Crippen molar-refractivity contribution in [3.05, 3.63) is 72.4 Å². The molecular weight excluding hydrogens is 348 g/mol. The molecule has 0 unspecified atom stereocenters. The lowest BCUT2D eigenvalue weighted by Gasteiger charge is -2.27. The quantitative estimate of drug-likeness (QED) is 0.393. The zero-order chi connectivity index (χ0) is 20.2. The van der Waals surface area contributed by atoms with Crippen LogP contribution >= 0.6 is 0 Å². The molecule has 3 N–H and O–H groups in total. The van der Waals surface area contributed by atoms with Gasteiger partial charge in [0.15, 0.2) is 0 Å². The summed E-state index contributed by atoms with van der Waals surface area (Å²) in [7, 11) is 0. The third-order valence-electron chi connectivity index (χ3n) is 4.81. The Labute approximate surface area is 168 Å². The summed E-state index contributed by atoms with van der Waals surface area (Å²) in [6.45, 7) is 5.37. The van der Waals surface area contributed by atoms with Crippen molar-refractivity contribution in [1.82, 2.24) is 0 Å². The molecule has 0 saturated carbocycles. The number of nitrogens with one attached hydrogen (secondary N) is 2. The van der Waals surface area contributed by atoms with Crippen molar-refractivity contribution in [2.24, 2.45) is 0 Å². The summed E-state index contributed by atoms with van der Waals surface area (Å²) in [5, 5.41) is 15.5. The van der Waals surface area contributed by atoms with Gasteiger partial charge in [0.1, 0.15) is 0 Å². The number of hydrogen-bond acceptors (Lipinski definition) is 3. The Morgan fingerprint density at radius 2 is 1.71 bits per heavy atom. The first-order valence-electron chi connectivity index (χ1n) is 10.0. The molecule has 0 heterocycles. The van der Waals surface area contributed by atoms with Crippen molar-refractivity contribution in [3.63, 3.8) is 0 Å². The van der Waals surface area contributed by atoms with Crippen LogP contribution in [-0.2, 0) is 10.2 Å². The van der Waals surface area contributed by atoms with E-state index in [9.17, 15) is 4.79 Å². The third kappa shape index (κ3) is 7.47. The van der Waals surface area contributed by atoms with Gasteiger partial charge in [0, 0.05) is 24.3 Å². The Bertz CT molecular complexity index is 754. The molecule has 2 aromatic rings. The fraction of sp³-hybridized carbons (Fsp3) is 0.375. The van der Waals surface area contributed by atoms with Crippen LogP contribution in [0.5, 0.6) is 0 Å². The van der Waals surface area contributed by atoms with Crippen molar-refractivity contribution in [3.8, 4) is 0 Å². The SMILES string of the molecule is CC(C)(C/C=C/Nc1ccccc1)c1ccccc1NCCCCCC(=O)O. The highest BCUT2D eigenvalue weighted by atomic mass is 16.4. The molecule has 0 amide bonds. The zero-order valence-electron chi connectivity index (χ0n) is 16.9.